The summed E-state index contributed by atoms with van der Waals surface area (Å²) in [6.45, 7) is 0. The van der Waals surface area contributed by atoms with Gasteiger partial charge in [0.25, 0.3) is 0 Å². The van der Waals surface area contributed by atoms with Gasteiger partial charge in [-0.3, -0.25) is 4.79 Å². The van der Waals surface area contributed by atoms with Gasteiger partial charge in [-0.05, 0) is 31.0 Å². The normalized spacial score (nSPS) is 18.1. The molecule has 0 atom stereocenters. The highest BCUT2D eigenvalue weighted by Gasteiger charge is 2.30. The summed E-state index contributed by atoms with van der Waals surface area (Å²) < 4.78 is 14.3. The molecule has 0 aliphatic heterocycles. The largest absolute Gasteiger partial charge is 0.325 e. The van der Waals surface area contributed by atoms with Crippen molar-refractivity contribution in [2.24, 2.45) is 5.73 Å². The van der Waals surface area contributed by atoms with Crippen LogP contribution < -0.4 is 11.1 Å². The van der Waals surface area contributed by atoms with Crippen molar-refractivity contribution >= 4 is 27.5 Å². The molecule has 3 N–H and O–H groups in total. The third-order valence-electron chi connectivity index (χ3n) is 3.56. The van der Waals surface area contributed by atoms with Gasteiger partial charge in [-0.1, -0.05) is 35.2 Å². The van der Waals surface area contributed by atoms with E-state index >= 15 is 0 Å². The van der Waals surface area contributed by atoms with Crippen molar-refractivity contribution in [3.8, 4) is 0 Å². The second-order valence-corrected chi connectivity index (χ2v) is 6.19. The highest BCUT2D eigenvalue weighted by molar-refractivity contribution is 9.10. The molecule has 0 spiro atoms. The quantitative estimate of drug-likeness (QED) is 0.891. The molecule has 0 radical (unpaired) electrons. The molecular formula is C14H18BrFN2O. The summed E-state index contributed by atoms with van der Waals surface area (Å²) in [6.07, 6.45) is 5.28. The van der Waals surface area contributed by atoms with Crippen LogP contribution in [0.25, 0.3) is 0 Å². The van der Waals surface area contributed by atoms with E-state index in [1.807, 2.05) is 0 Å². The standard InChI is InChI=1S/C14H18BrFN2O/c15-10-4-5-11(16)12(8-10)18-13(19)9-14(17)6-2-1-3-7-14/h4-5,8H,1-3,6-7,9,17H2,(H,18,19). The summed E-state index contributed by atoms with van der Waals surface area (Å²) in [7, 11) is 0. The van der Waals surface area contributed by atoms with E-state index < -0.39 is 11.4 Å². The van der Waals surface area contributed by atoms with E-state index in [4.69, 9.17) is 5.73 Å². The van der Waals surface area contributed by atoms with Crippen LogP contribution in [0.1, 0.15) is 38.5 Å². The highest BCUT2D eigenvalue weighted by atomic mass is 79.9. The molecule has 3 nitrogen and oxygen atoms in total. The third kappa shape index (κ3) is 4.01. The Morgan fingerprint density at radius 3 is 2.74 bits per heavy atom. The van der Waals surface area contributed by atoms with Gasteiger partial charge in [-0.15, -0.1) is 0 Å². The Hall–Kier alpha value is -0.940. The average molecular weight is 329 g/mol. The van der Waals surface area contributed by atoms with Gasteiger partial charge in [-0.25, -0.2) is 4.39 Å². The minimum atomic E-state index is -0.439. The first kappa shape index (κ1) is 14.5. The highest BCUT2D eigenvalue weighted by Crippen LogP contribution is 2.29. The first-order chi connectivity index (χ1) is 8.98. The number of carbonyl (C=O) groups is 1. The topological polar surface area (TPSA) is 55.1 Å². The summed E-state index contributed by atoms with van der Waals surface area (Å²) in [6, 6.07) is 4.46. The summed E-state index contributed by atoms with van der Waals surface area (Å²) in [5, 5.41) is 2.60. The van der Waals surface area contributed by atoms with Crippen LogP contribution in [0.15, 0.2) is 22.7 Å². The average Bonchev–Trinajstić information content (AvgIpc) is 2.34. The lowest BCUT2D eigenvalue weighted by atomic mass is 9.80. The van der Waals surface area contributed by atoms with Crippen LogP contribution in [0.2, 0.25) is 0 Å². The molecule has 0 unspecified atom stereocenters. The molecule has 0 heterocycles. The Bertz CT molecular complexity index is 473. The van der Waals surface area contributed by atoms with Gasteiger partial charge in [-0.2, -0.15) is 0 Å². The molecule has 1 fully saturated rings. The molecule has 19 heavy (non-hydrogen) atoms. The third-order valence-corrected chi connectivity index (χ3v) is 4.06. The molecular weight excluding hydrogens is 311 g/mol. The second-order valence-electron chi connectivity index (χ2n) is 5.27. The zero-order valence-corrected chi connectivity index (χ0v) is 12.3. The van der Waals surface area contributed by atoms with Crippen molar-refractivity contribution in [3.63, 3.8) is 0 Å². The second kappa shape index (κ2) is 6.01. The molecule has 0 bridgehead atoms. The molecule has 0 aromatic heterocycles. The Balaban J connectivity index is 1.99. The first-order valence-corrected chi connectivity index (χ1v) is 7.32. The van der Waals surface area contributed by atoms with E-state index in [9.17, 15) is 9.18 Å². The molecule has 1 aliphatic carbocycles. The van der Waals surface area contributed by atoms with Gasteiger partial charge in [0.1, 0.15) is 5.82 Å². The van der Waals surface area contributed by atoms with E-state index in [1.54, 1.807) is 12.1 Å². The number of carbonyl (C=O) groups excluding carboxylic acids is 1. The van der Waals surface area contributed by atoms with Crippen LogP contribution in [-0.2, 0) is 4.79 Å². The fraction of sp³-hybridized carbons (Fsp3) is 0.500. The van der Waals surface area contributed by atoms with Crippen molar-refractivity contribution in [1.82, 2.24) is 0 Å². The van der Waals surface area contributed by atoms with Crippen molar-refractivity contribution in [3.05, 3.63) is 28.5 Å². The number of nitrogens with one attached hydrogen (secondary N) is 1. The van der Waals surface area contributed by atoms with Crippen LogP contribution in [0, 0.1) is 5.82 Å². The van der Waals surface area contributed by atoms with Gasteiger partial charge >= 0.3 is 0 Å². The zero-order valence-electron chi connectivity index (χ0n) is 10.7. The summed E-state index contributed by atoms with van der Waals surface area (Å²) in [4.78, 5) is 12.0. The lowest BCUT2D eigenvalue weighted by Crippen LogP contribution is -2.44. The van der Waals surface area contributed by atoms with E-state index in [1.165, 1.54) is 12.5 Å². The Morgan fingerprint density at radius 2 is 2.05 bits per heavy atom. The van der Waals surface area contributed by atoms with Crippen molar-refractivity contribution in [2.75, 3.05) is 5.32 Å². The maximum absolute atomic E-state index is 13.5. The predicted molar refractivity (Wildman–Crippen MR) is 77.4 cm³/mol. The summed E-state index contributed by atoms with van der Waals surface area (Å²) >= 11 is 3.25. The van der Waals surface area contributed by atoms with Gasteiger partial charge in [0.15, 0.2) is 0 Å². The Labute approximate surface area is 120 Å². The summed E-state index contributed by atoms with van der Waals surface area (Å²) in [5.41, 5.74) is 5.99. The van der Waals surface area contributed by atoms with Crippen molar-refractivity contribution < 1.29 is 9.18 Å². The SMILES string of the molecule is NC1(CC(=O)Nc2cc(Br)ccc2F)CCCCC1. The van der Waals surface area contributed by atoms with Crippen LogP contribution in [0.3, 0.4) is 0 Å². The Morgan fingerprint density at radius 1 is 1.37 bits per heavy atom. The number of benzene rings is 1. The monoisotopic (exact) mass is 328 g/mol. The maximum atomic E-state index is 13.5. The van der Waals surface area contributed by atoms with Crippen LogP contribution >= 0.6 is 15.9 Å². The van der Waals surface area contributed by atoms with Gasteiger partial charge in [0.2, 0.25) is 5.91 Å². The Kier molecular flexibility index (Phi) is 4.58. The van der Waals surface area contributed by atoms with Crippen LogP contribution in [0.5, 0.6) is 0 Å². The molecule has 5 heteroatoms. The lowest BCUT2D eigenvalue weighted by Gasteiger charge is -2.32. The summed E-state index contributed by atoms with van der Waals surface area (Å²) in [5.74, 6) is -0.660. The minimum Gasteiger partial charge on any atom is -0.325 e. The molecule has 1 aromatic carbocycles. The van der Waals surface area contributed by atoms with E-state index in [-0.39, 0.29) is 18.0 Å². The minimum absolute atomic E-state index is 0.193. The number of anilines is 1. The molecule has 1 aromatic rings. The number of halogens is 2. The van der Waals surface area contributed by atoms with Crippen molar-refractivity contribution in [2.45, 2.75) is 44.1 Å². The van der Waals surface area contributed by atoms with Gasteiger partial charge < -0.3 is 11.1 Å². The molecule has 1 saturated carbocycles. The van der Waals surface area contributed by atoms with Crippen LogP contribution in [-0.4, -0.2) is 11.4 Å². The fourth-order valence-corrected chi connectivity index (χ4v) is 2.90. The van der Waals surface area contributed by atoms with E-state index in [0.29, 0.717) is 0 Å². The first-order valence-electron chi connectivity index (χ1n) is 6.52. The van der Waals surface area contributed by atoms with Gasteiger partial charge in [0.05, 0.1) is 5.69 Å². The van der Waals surface area contributed by atoms with E-state index in [0.717, 1.165) is 30.2 Å². The van der Waals surface area contributed by atoms with Crippen molar-refractivity contribution in [1.29, 1.82) is 0 Å². The number of rotatable bonds is 3. The number of amides is 1. The smallest absolute Gasteiger partial charge is 0.226 e. The molecule has 104 valence electrons. The number of nitrogens with two attached hydrogens (primary N) is 1. The fourth-order valence-electron chi connectivity index (χ4n) is 2.54. The molecule has 1 amide bonds. The number of hydrogen-bond donors (Lipinski definition) is 2. The van der Waals surface area contributed by atoms with Crippen LogP contribution in [0.4, 0.5) is 10.1 Å². The van der Waals surface area contributed by atoms with Gasteiger partial charge in [0, 0.05) is 16.4 Å². The molecule has 2 rings (SSSR count). The molecule has 1 aliphatic rings. The van der Waals surface area contributed by atoms with E-state index in [2.05, 4.69) is 21.2 Å². The number of hydrogen-bond acceptors (Lipinski definition) is 2. The molecule has 0 saturated heterocycles. The zero-order chi connectivity index (χ0) is 13.9. The maximum Gasteiger partial charge on any atom is 0.226 e. The lowest BCUT2D eigenvalue weighted by molar-refractivity contribution is -0.117. The predicted octanol–water partition coefficient (Wildman–Crippen LogP) is 3.58.